The van der Waals surface area contributed by atoms with Gasteiger partial charge in [-0.1, -0.05) is 30.3 Å². The van der Waals surface area contributed by atoms with E-state index >= 15 is 0 Å². The fourth-order valence-corrected chi connectivity index (χ4v) is 1.67. The number of ether oxygens (including phenoxy) is 1. The molecule has 0 fully saturated rings. The molecule has 0 atom stereocenters. The van der Waals surface area contributed by atoms with Gasteiger partial charge in [-0.2, -0.15) is 0 Å². The van der Waals surface area contributed by atoms with Crippen LogP contribution in [0.1, 0.15) is 5.56 Å². The van der Waals surface area contributed by atoms with E-state index in [0.717, 1.165) is 10.5 Å². The van der Waals surface area contributed by atoms with E-state index in [2.05, 4.69) is 22.5 Å². The van der Waals surface area contributed by atoms with Crippen molar-refractivity contribution in [3.8, 4) is 5.75 Å². The average Bonchev–Trinajstić information content (AvgIpc) is 2.24. The molecule has 0 heterocycles. The molecule has 1 N–H and O–H groups in total. The summed E-state index contributed by atoms with van der Waals surface area (Å²) in [5.74, 6) is -0.482. The molecule has 0 spiro atoms. The highest BCUT2D eigenvalue weighted by Gasteiger charge is 2.06. The zero-order valence-electron chi connectivity index (χ0n) is 8.82. The standard InChI is InChI=1S/C12H10BrClO3/c1-8(14)7-17-12-9(5-6-11(15)16)3-2-4-10(12)13/h2-6H,1,7H2,(H,15,16). The quantitative estimate of drug-likeness (QED) is 0.843. The molecule has 0 unspecified atom stereocenters. The Hall–Kier alpha value is -1.26. The van der Waals surface area contributed by atoms with Crippen molar-refractivity contribution in [2.24, 2.45) is 0 Å². The van der Waals surface area contributed by atoms with E-state index in [9.17, 15) is 4.79 Å². The molecule has 17 heavy (non-hydrogen) atoms. The number of benzene rings is 1. The zero-order chi connectivity index (χ0) is 12.8. The van der Waals surface area contributed by atoms with Crippen molar-refractivity contribution in [1.29, 1.82) is 0 Å². The monoisotopic (exact) mass is 316 g/mol. The van der Waals surface area contributed by atoms with Crippen LogP contribution in [0, 0.1) is 0 Å². The Balaban J connectivity index is 2.99. The minimum absolute atomic E-state index is 0.165. The summed E-state index contributed by atoms with van der Waals surface area (Å²) in [6.45, 7) is 3.68. The summed E-state index contributed by atoms with van der Waals surface area (Å²) in [5, 5.41) is 8.95. The number of rotatable bonds is 5. The van der Waals surface area contributed by atoms with Crippen LogP contribution in [-0.2, 0) is 4.79 Å². The van der Waals surface area contributed by atoms with Gasteiger partial charge in [0.2, 0.25) is 0 Å². The molecule has 1 aromatic rings. The number of halogens is 2. The van der Waals surface area contributed by atoms with Crippen molar-refractivity contribution in [3.63, 3.8) is 0 Å². The molecule has 0 radical (unpaired) electrons. The van der Waals surface area contributed by atoms with Crippen LogP contribution in [0.4, 0.5) is 0 Å². The van der Waals surface area contributed by atoms with E-state index in [-0.39, 0.29) is 6.61 Å². The van der Waals surface area contributed by atoms with Gasteiger partial charge in [0.25, 0.3) is 0 Å². The van der Waals surface area contributed by atoms with Gasteiger partial charge in [-0.3, -0.25) is 0 Å². The highest BCUT2D eigenvalue weighted by Crippen LogP contribution is 2.30. The first-order valence-corrected chi connectivity index (χ1v) is 5.83. The molecule has 3 nitrogen and oxygen atoms in total. The van der Waals surface area contributed by atoms with Crippen LogP contribution in [-0.4, -0.2) is 17.7 Å². The molecule has 0 bridgehead atoms. The summed E-state index contributed by atoms with van der Waals surface area (Å²) in [4.78, 5) is 10.5. The molecule has 90 valence electrons. The van der Waals surface area contributed by atoms with E-state index < -0.39 is 5.97 Å². The first-order chi connectivity index (χ1) is 8.00. The summed E-state index contributed by atoms with van der Waals surface area (Å²) in [5.41, 5.74) is 0.652. The minimum atomic E-state index is -1.02. The molecular formula is C12H10BrClO3. The average molecular weight is 318 g/mol. The summed E-state index contributed by atoms with van der Waals surface area (Å²) >= 11 is 8.94. The lowest BCUT2D eigenvalue weighted by atomic mass is 10.2. The first-order valence-electron chi connectivity index (χ1n) is 4.66. The summed E-state index contributed by atoms with van der Waals surface area (Å²) in [7, 11) is 0. The van der Waals surface area contributed by atoms with Gasteiger partial charge in [0.1, 0.15) is 12.4 Å². The van der Waals surface area contributed by atoms with Gasteiger partial charge in [-0.05, 0) is 28.1 Å². The Labute approximate surface area is 112 Å². The Kier molecular flexibility index (Phi) is 5.25. The molecule has 0 aliphatic carbocycles. The van der Waals surface area contributed by atoms with Crippen molar-refractivity contribution < 1.29 is 14.6 Å². The van der Waals surface area contributed by atoms with Gasteiger partial charge in [-0.15, -0.1) is 0 Å². The first kappa shape index (κ1) is 13.8. The number of carboxylic acids is 1. The predicted molar refractivity (Wildman–Crippen MR) is 71.3 cm³/mol. The Morgan fingerprint density at radius 2 is 2.29 bits per heavy atom. The van der Waals surface area contributed by atoms with Crippen molar-refractivity contribution in [1.82, 2.24) is 0 Å². The fourth-order valence-electron chi connectivity index (χ4n) is 1.12. The normalized spacial score (nSPS) is 10.5. The highest BCUT2D eigenvalue weighted by atomic mass is 79.9. The predicted octanol–water partition coefficient (Wildman–Crippen LogP) is 3.68. The maximum atomic E-state index is 10.5. The molecule has 1 aromatic carbocycles. The lowest BCUT2D eigenvalue weighted by Crippen LogP contribution is -1.99. The highest BCUT2D eigenvalue weighted by molar-refractivity contribution is 9.10. The summed E-state index contributed by atoms with van der Waals surface area (Å²) in [6.07, 6.45) is 2.50. The van der Waals surface area contributed by atoms with Gasteiger partial charge >= 0.3 is 5.97 Å². The molecule has 0 amide bonds. The second-order valence-electron chi connectivity index (χ2n) is 3.14. The third kappa shape index (κ3) is 4.63. The maximum absolute atomic E-state index is 10.5. The van der Waals surface area contributed by atoms with Crippen LogP contribution in [0.2, 0.25) is 0 Å². The van der Waals surface area contributed by atoms with E-state index in [0.29, 0.717) is 16.3 Å². The smallest absolute Gasteiger partial charge is 0.328 e. The third-order valence-corrected chi connectivity index (χ3v) is 2.51. The van der Waals surface area contributed by atoms with Gasteiger partial charge in [-0.25, -0.2) is 4.79 Å². The summed E-state index contributed by atoms with van der Waals surface area (Å²) < 4.78 is 6.16. The zero-order valence-corrected chi connectivity index (χ0v) is 11.2. The Bertz CT molecular complexity index is 469. The van der Waals surface area contributed by atoms with E-state index in [4.69, 9.17) is 21.4 Å². The van der Waals surface area contributed by atoms with Crippen molar-refractivity contribution >= 4 is 39.6 Å². The van der Waals surface area contributed by atoms with Crippen molar-refractivity contribution in [2.75, 3.05) is 6.61 Å². The topological polar surface area (TPSA) is 46.5 Å². The van der Waals surface area contributed by atoms with Crippen molar-refractivity contribution in [2.45, 2.75) is 0 Å². The molecule has 0 saturated carbocycles. The van der Waals surface area contributed by atoms with Crippen LogP contribution >= 0.6 is 27.5 Å². The summed E-state index contributed by atoms with van der Waals surface area (Å²) in [6, 6.07) is 5.33. The number of para-hydroxylation sites is 1. The van der Waals surface area contributed by atoms with Gasteiger partial charge in [0.15, 0.2) is 0 Å². The van der Waals surface area contributed by atoms with Gasteiger partial charge < -0.3 is 9.84 Å². The minimum Gasteiger partial charge on any atom is -0.486 e. The number of carboxylic acid groups (broad SMARTS) is 1. The fraction of sp³-hybridized carbons (Fsp3) is 0.0833. The molecular weight excluding hydrogens is 307 g/mol. The Morgan fingerprint density at radius 1 is 1.59 bits per heavy atom. The number of hydrogen-bond acceptors (Lipinski definition) is 2. The second kappa shape index (κ2) is 6.47. The van der Waals surface area contributed by atoms with Crippen LogP contribution in [0.15, 0.2) is 40.4 Å². The van der Waals surface area contributed by atoms with Crippen LogP contribution in [0.25, 0.3) is 6.08 Å². The third-order valence-electron chi connectivity index (χ3n) is 1.78. The van der Waals surface area contributed by atoms with Gasteiger partial charge in [0, 0.05) is 16.7 Å². The lowest BCUT2D eigenvalue weighted by Gasteiger charge is -2.10. The van der Waals surface area contributed by atoms with Crippen LogP contribution in [0.3, 0.4) is 0 Å². The molecule has 0 aliphatic heterocycles. The SMILES string of the molecule is C=C(Cl)COc1c(Br)cccc1C=CC(=O)O. The molecule has 0 aliphatic rings. The van der Waals surface area contributed by atoms with E-state index in [1.165, 1.54) is 6.08 Å². The molecule has 1 rings (SSSR count). The van der Waals surface area contributed by atoms with Crippen LogP contribution in [0.5, 0.6) is 5.75 Å². The van der Waals surface area contributed by atoms with E-state index in [1.54, 1.807) is 18.2 Å². The Morgan fingerprint density at radius 3 is 2.88 bits per heavy atom. The largest absolute Gasteiger partial charge is 0.486 e. The number of hydrogen-bond donors (Lipinski definition) is 1. The molecule has 0 saturated heterocycles. The molecule has 0 aromatic heterocycles. The van der Waals surface area contributed by atoms with E-state index in [1.807, 2.05) is 0 Å². The number of aliphatic carboxylic acids is 1. The lowest BCUT2D eigenvalue weighted by molar-refractivity contribution is -0.131. The molecule has 5 heteroatoms. The second-order valence-corrected chi connectivity index (χ2v) is 4.52. The maximum Gasteiger partial charge on any atom is 0.328 e. The van der Waals surface area contributed by atoms with Gasteiger partial charge in [0.05, 0.1) is 4.47 Å². The number of carbonyl (C=O) groups is 1. The van der Waals surface area contributed by atoms with Crippen molar-refractivity contribution in [3.05, 3.63) is 45.9 Å². The van der Waals surface area contributed by atoms with Crippen LogP contribution < -0.4 is 4.74 Å².